The van der Waals surface area contributed by atoms with Gasteiger partial charge in [0.1, 0.15) is 0 Å². The van der Waals surface area contributed by atoms with Crippen molar-refractivity contribution in [3.05, 3.63) is 0 Å². The van der Waals surface area contributed by atoms with Gasteiger partial charge < -0.3 is 10.8 Å². The zero-order valence-corrected chi connectivity index (χ0v) is 8.37. The van der Waals surface area contributed by atoms with Crippen molar-refractivity contribution in [1.29, 1.82) is 0 Å². The molecule has 1 aliphatic carbocycles. The minimum Gasteiger partial charge on any atom is -0.389 e. The topological polar surface area (TPSA) is 49.5 Å². The summed E-state index contributed by atoms with van der Waals surface area (Å²) >= 11 is 0. The fourth-order valence-electron chi connectivity index (χ4n) is 2.69. The fraction of sp³-hybridized carbons (Fsp3) is 1.00. The summed E-state index contributed by atoms with van der Waals surface area (Å²) in [6.45, 7) is 3.75. The van der Waals surface area contributed by atoms with Crippen molar-refractivity contribution in [2.45, 2.75) is 50.3 Å². The molecule has 1 saturated heterocycles. The Bertz CT molecular complexity index is 193. The molecule has 1 saturated carbocycles. The van der Waals surface area contributed by atoms with E-state index in [1.807, 2.05) is 6.92 Å². The lowest BCUT2D eigenvalue weighted by Gasteiger charge is -2.28. The Balaban J connectivity index is 1.95. The van der Waals surface area contributed by atoms with Crippen LogP contribution < -0.4 is 5.73 Å². The lowest BCUT2D eigenvalue weighted by atomic mass is 10.1. The first-order valence-corrected chi connectivity index (χ1v) is 5.30. The second-order valence-corrected chi connectivity index (χ2v) is 4.88. The molecule has 0 amide bonds. The zero-order valence-electron chi connectivity index (χ0n) is 8.37. The number of nitrogens with two attached hydrogens (primary N) is 1. The van der Waals surface area contributed by atoms with Gasteiger partial charge in [-0.1, -0.05) is 6.42 Å². The Morgan fingerprint density at radius 3 is 2.69 bits per heavy atom. The van der Waals surface area contributed by atoms with E-state index < -0.39 is 5.60 Å². The average molecular weight is 184 g/mol. The number of hydrogen-bond acceptors (Lipinski definition) is 3. The molecule has 3 atom stereocenters. The van der Waals surface area contributed by atoms with Crippen molar-refractivity contribution in [2.24, 2.45) is 5.73 Å². The molecule has 0 radical (unpaired) electrons. The van der Waals surface area contributed by atoms with Crippen molar-refractivity contribution in [1.82, 2.24) is 4.90 Å². The number of nitrogens with zero attached hydrogens (tertiary/aromatic N) is 1. The Hall–Kier alpha value is -0.120. The number of aliphatic hydroxyl groups is 1. The van der Waals surface area contributed by atoms with E-state index in [4.69, 9.17) is 5.73 Å². The van der Waals surface area contributed by atoms with Gasteiger partial charge in [-0.25, -0.2) is 0 Å². The van der Waals surface area contributed by atoms with Crippen molar-refractivity contribution in [3.8, 4) is 0 Å². The highest BCUT2D eigenvalue weighted by atomic mass is 16.3. The third-order valence-electron chi connectivity index (χ3n) is 3.48. The van der Waals surface area contributed by atoms with Gasteiger partial charge in [-0.15, -0.1) is 0 Å². The molecular formula is C10H20N2O. The van der Waals surface area contributed by atoms with Crippen molar-refractivity contribution in [2.75, 3.05) is 13.1 Å². The molecule has 2 fully saturated rings. The molecule has 13 heavy (non-hydrogen) atoms. The largest absolute Gasteiger partial charge is 0.389 e. The minimum atomic E-state index is -0.470. The van der Waals surface area contributed by atoms with E-state index in [9.17, 15) is 5.11 Å². The Labute approximate surface area is 79.9 Å². The summed E-state index contributed by atoms with van der Waals surface area (Å²) in [5.74, 6) is 0. The third kappa shape index (κ3) is 1.87. The van der Waals surface area contributed by atoms with Gasteiger partial charge in [0.2, 0.25) is 0 Å². The highest BCUT2D eigenvalue weighted by molar-refractivity contribution is 4.95. The lowest BCUT2D eigenvalue weighted by molar-refractivity contribution is 0.0613. The van der Waals surface area contributed by atoms with Crippen LogP contribution in [-0.2, 0) is 0 Å². The maximum atomic E-state index is 9.83. The van der Waals surface area contributed by atoms with E-state index in [0.717, 1.165) is 25.9 Å². The molecule has 3 nitrogen and oxygen atoms in total. The number of likely N-dealkylation sites (tertiary alicyclic amines) is 1. The zero-order chi connectivity index (χ0) is 9.47. The molecule has 3 N–H and O–H groups in total. The quantitative estimate of drug-likeness (QED) is 0.617. The van der Waals surface area contributed by atoms with Gasteiger partial charge in [0.15, 0.2) is 0 Å². The van der Waals surface area contributed by atoms with Crippen LogP contribution in [0.2, 0.25) is 0 Å². The summed E-state index contributed by atoms with van der Waals surface area (Å²) in [4.78, 5) is 2.37. The van der Waals surface area contributed by atoms with E-state index in [-0.39, 0.29) is 0 Å². The van der Waals surface area contributed by atoms with Crippen LogP contribution in [0.15, 0.2) is 0 Å². The molecule has 2 aliphatic rings. The first-order valence-electron chi connectivity index (χ1n) is 5.30. The Kier molecular flexibility index (Phi) is 2.34. The van der Waals surface area contributed by atoms with E-state index in [2.05, 4.69) is 4.90 Å². The molecule has 3 unspecified atom stereocenters. The van der Waals surface area contributed by atoms with Gasteiger partial charge in [0.05, 0.1) is 5.60 Å². The molecule has 0 aromatic rings. The SMILES string of the molecule is CC1(O)CCN(C2CCCC2N)C1. The van der Waals surface area contributed by atoms with Gasteiger partial charge in [0, 0.05) is 25.2 Å². The average Bonchev–Trinajstić information content (AvgIpc) is 2.56. The van der Waals surface area contributed by atoms with Gasteiger partial charge in [-0.05, 0) is 26.2 Å². The highest BCUT2D eigenvalue weighted by Crippen LogP contribution is 2.29. The smallest absolute Gasteiger partial charge is 0.0758 e. The summed E-state index contributed by atoms with van der Waals surface area (Å²) in [7, 11) is 0. The highest BCUT2D eigenvalue weighted by Gasteiger charge is 2.38. The van der Waals surface area contributed by atoms with E-state index >= 15 is 0 Å². The molecule has 1 aliphatic heterocycles. The molecule has 76 valence electrons. The lowest BCUT2D eigenvalue weighted by Crippen LogP contribution is -2.44. The standard InChI is InChI=1S/C10H20N2O/c1-10(13)5-6-12(7-10)9-4-2-3-8(9)11/h8-9,13H,2-7,11H2,1H3. The van der Waals surface area contributed by atoms with E-state index in [1.54, 1.807) is 0 Å². The predicted octanol–water partition coefficient (Wildman–Crippen LogP) is 0.323. The molecule has 0 aromatic carbocycles. The van der Waals surface area contributed by atoms with Crippen LogP contribution in [0.3, 0.4) is 0 Å². The van der Waals surface area contributed by atoms with Crippen LogP contribution in [0.4, 0.5) is 0 Å². The monoisotopic (exact) mass is 184 g/mol. The third-order valence-corrected chi connectivity index (χ3v) is 3.48. The number of rotatable bonds is 1. The van der Waals surface area contributed by atoms with Crippen LogP contribution >= 0.6 is 0 Å². The molecule has 0 aromatic heterocycles. The summed E-state index contributed by atoms with van der Waals surface area (Å²) in [5.41, 5.74) is 5.55. The normalized spacial score (nSPS) is 47.3. The summed E-state index contributed by atoms with van der Waals surface area (Å²) < 4.78 is 0. The molecular weight excluding hydrogens is 164 g/mol. The van der Waals surface area contributed by atoms with Crippen molar-refractivity contribution >= 4 is 0 Å². The van der Waals surface area contributed by atoms with Crippen molar-refractivity contribution < 1.29 is 5.11 Å². The fourth-order valence-corrected chi connectivity index (χ4v) is 2.69. The van der Waals surface area contributed by atoms with Gasteiger partial charge >= 0.3 is 0 Å². The van der Waals surface area contributed by atoms with Crippen molar-refractivity contribution in [3.63, 3.8) is 0 Å². The summed E-state index contributed by atoms with van der Waals surface area (Å²) in [5, 5.41) is 9.83. The van der Waals surface area contributed by atoms with E-state index in [1.165, 1.54) is 12.8 Å². The number of hydrogen-bond donors (Lipinski definition) is 2. The molecule has 0 spiro atoms. The Morgan fingerprint density at radius 2 is 2.23 bits per heavy atom. The first kappa shape index (κ1) is 9.44. The van der Waals surface area contributed by atoms with Gasteiger partial charge in [-0.3, -0.25) is 4.90 Å². The predicted molar refractivity (Wildman–Crippen MR) is 52.4 cm³/mol. The van der Waals surface area contributed by atoms with Gasteiger partial charge in [0.25, 0.3) is 0 Å². The van der Waals surface area contributed by atoms with Crippen LogP contribution in [0, 0.1) is 0 Å². The second-order valence-electron chi connectivity index (χ2n) is 4.88. The minimum absolute atomic E-state index is 0.342. The number of β-amino-alcohol motifs (C(OH)–C–C–N with tert-alkyl or cyclic N) is 1. The van der Waals surface area contributed by atoms with E-state index in [0.29, 0.717) is 12.1 Å². The summed E-state index contributed by atoms with van der Waals surface area (Å²) in [6, 6.07) is 0.878. The van der Waals surface area contributed by atoms with Crippen LogP contribution in [-0.4, -0.2) is 40.8 Å². The van der Waals surface area contributed by atoms with Crippen LogP contribution in [0.1, 0.15) is 32.6 Å². The van der Waals surface area contributed by atoms with Crippen LogP contribution in [0.5, 0.6) is 0 Å². The maximum absolute atomic E-state index is 9.83. The Morgan fingerprint density at radius 1 is 1.46 bits per heavy atom. The molecule has 0 bridgehead atoms. The second kappa shape index (κ2) is 3.23. The van der Waals surface area contributed by atoms with Crippen LogP contribution in [0.25, 0.3) is 0 Å². The molecule has 2 rings (SSSR count). The maximum Gasteiger partial charge on any atom is 0.0758 e. The summed E-state index contributed by atoms with van der Waals surface area (Å²) in [6.07, 6.45) is 4.53. The van der Waals surface area contributed by atoms with Gasteiger partial charge in [-0.2, -0.15) is 0 Å². The molecule has 3 heteroatoms. The molecule has 1 heterocycles. The first-order chi connectivity index (χ1) is 6.08.